The number of carbonyl (C=O) groups is 1. The Morgan fingerprint density at radius 3 is 2.57 bits per heavy atom. The molecule has 1 aromatic heterocycles. The second-order valence-electron chi connectivity index (χ2n) is 5.68. The first-order valence-electron chi connectivity index (χ1n) is 7.38. The van der Waals surface area contributed by atoms with Gasteiger partial charge in [0.2, 0.25) is 5.88 Å². The zero-order valence-corrected chi connectivity index (χ0v) is 14.7. The van der Waals surface area contributed by atoms with Crippen molar-refractivity contribution in [3.05, 3.63) is 52.6 Å². The molecule has 1 saturated heterocycles. The lowest BCUT2D eigenvalue weighted by molar-refractivity contribution is 0.0157. The van der Waals surface area contributed by atoms with Crippen molar-refractivity contribution in [2.24, 2.45) is 0 Å². The second kappa shape index (κ2) is 6.58. The van der Waals surface area contributed by atoms with Crippen LogP contribution in [0.4, 0.5) is 5.69 Å². The number of likely N-dealkylation sites (tertiary alicyclic amines) is 1. The van der Waals surface area contributed by atoms with Crippen molar-refractivity contribution in [2.45, 2.75) is 6.10 Å². The van der Waals surface area contributed by atoms with Gasteiger partial charge >= 0.3 is 0 Å². The maximum atomic E-state index is 12.4. The molecule has 120 valence electrons. The minimum Gasteiger partial charge on any atom is -0.470 e. The fourth-order valence-electron chi connectivity index (χ4n) is 2.38. The highest BCUT2D eigenvalue weighted by Crippen LogP contribution is 2.25. The molecule has 1 fully saturated rings. The van der Waals surface area contributed by atoms with Crippen LogP contribution in [0.15, 0.2) is 47.1 Å². The van der Waals surface area contributed by atoms with Gasteiger partial charge in [0.15, 0.2) is 0 Å². The summed E-state index contributed by atoms with van der Waals surface area (Å²) in [6.45, 7) is 1.16. The van der Waals surface area contributed by atoms with Gasteiger partial charge in [-0.05, 0) is 52.3 Å². The van der Waals surface area contributed by atoms with Crippen molar-refractivity contribution in [2.75, 3.05) is 32.1 Å². The van der Waals surface area contributed by atoms with E-state index in [9.17, 15) is 4.79 Å². The van der Waals surface area contributed by atoms with Crippen molar-refractivity contribution < 1.29 is 9.53 Å². The van der Waals surface area contributed by atoms with E-state index in [2.05, 4.69) is 20.9 Å². The van der Waals surface area contributed by atoms with E-state index in [4.69, 9.17) is 4.74 Å². The maximum Gasteiger partial charge on any atom is 0.254 e. The van der Waals surface area contributed by atoms with Gasteiger partial charge < -0.3 is 14.5 Å². The Balaban J connectivity index is 1.56. The average molecular weight is 376 g/mol. The molecule has 2 aromatic rings. The molecular weight excluding hydrogens is 358 g/mol. The number of carbonyl (C=O) groups excluding carboxylic acids is 1. The summed E-state index contributed by atoms with van der Waals surface area (Å²) in [5.41, 5.74) is 1.78. The first-order chi connectivity index (χ1) is 11.0. The van der Waals surface area contributed by atoms with Gasteiger partial charge in [-0.1, -0.05) is 0 Å². The van der Waals surface area contributed by atoms with E-state index in [-0.39, 0.29) is 12.0 Å². The van der Waals surface area contributed by atoms with Gasteiger partial charge in [0.25, 0.3) is 5.91 Å². The van der Waals surface area contributed by atoms with E-state index >= 15 is 0 Å². The molecule has 0 N–H and O–H groups in total. The first kappa shape index (κ1) is 15.8. The number of pyridine rings is 1. The molecule has 6 heteroatoms. The highest BCUT2D eigenvalue weighted by Gasteiger charge is 2.33. The van der Waals surface area contributed by atoms with Gasteiger partial charge in [-0.25, -0.2) is 4.98 Å². The van der Waals surface area contributed by atoms with Crippen molar-refractivity contribution in [1.29, 1.82) is 0 Å². The minimum atomic E-state index is -0.00815. The third kappa shape index (κ3) is 3.47. The highest BCUT2D eigenvalue weighted by atomic mass is 79.9. The highest BCUT2D eigenvalue weighted by molar-refractivity contribution is 9.10. The topological polar surface area (TPSA) is 45.7 Å². The number of hydrogen-bond donors (Lipinski definition) is 0. The van der Waals surface area contributed by atoms with Crippen LogP contribution in [0.1, 0.15) is 10.4 Å². The SMILES string of the molecule is CN(C)c1ccc(C(=O)N2CC(Oc3ncccc3Br)C2)cc1. The Morgan fingerprint density at radius 2 is 1.96 bits per heavy atom. The molecule has 1 aliphatic heterocycles. The van der Waals surface area contributed by atoms with Gasteiger partial charge in [0.05, 0.1) is 17.6 Å². The Kier molecular flexibility index (Phi) is 4.52. The smallest absolute Gasteiger partial charge is 0.254 e. The summed E-state index contributed by atoms with van der Waals surface area (Å²) in [5, 5.41) is 0. The number of amides is 1. The molecule has 0 unspecified atom stereocenters. The van der Waals surface area contributed by atoms with Crippen LogP contribution < -0.4 is 9.64 Å². The monoisotopic (exact) mass is 375 g/mol. The predicted octanol–water partition coefficient (Wildman–Crippen LogP) is 2.81. The summed E-state index contributed by atoms with van der Waals surface area (Å²) in [4.78, 5) is 20.4. The van der Waals surface area contributed by atoms with Gasteiger partial charge in [0, 0.05) is 31.5 Å². The summed E-state index contributed by atoms with van der Waals surface area (Å²) >= 11 is 3.41. The predicted molar refractivity (Wildman–Crippen MR) is 93.0 cm³/mol. The summed E-state index contributed by atoms with van der Waals surface area (Å²) in [5.74, 6) is 0.607. The Bertz CT molecular complexity index is 697. The molecule has 2 heterocycles. The molecule has 0 spiro atoms. The lowest BCUT2D eigenvalue weighted by atomic mass is 10.1. The van der Waals surface area contributed by atoms with E-state index < -0.39 is 0 Å². The van der Waals surface area contributed by atoms with E-state index in [0.29, 0.717) is 24.5 Å². The second-order valence-corrected chi connectivity index (χ2v) is 6.54. The van der Waals surface area contributed by atoms with E-state index in [0.717, 1.165) is 10.2 Å². The first-order valence-corrected chi connectivity index (χ1v) is 8.18. The maximum absolute atomic E-state index is 12.4. The van der Waals surface area contributed by atoms with Gasteiger partial charge in [-0.2, -0.15) is 0 Å². The minimum absolute atomic E-state index is 0.00815. The van der Waals surface area contributed by atoms with Crippen LogP contribution in [0, 0.1) is 0 Å². The van der Waals surface area contributed by atoms with Crippen LogP contribution in [-0.4, -0.2) is 49.1 Å². The zero-order valence-electron chi connectivity index (χ0n) is 13.1. The molecule has 1 aromatic carbocycles. The van der Waals surface area contributed by atoms with Gasteiger partial charge in [0.1, 0.15) is 6.10 Å². The van der Waals surface area contributed by atoms with Gasteiger partial charge in [-0.15, -0.1) is 0 Å². The molecule has 0 bridgehead atoms. The van der Waals surface area contributed by atoms with E-state index in [1.165, 1.54) is 0 Å². The number of ether oxygens (including phenoxy) is 1. The third-order valence-corrected chi connectivity index (χ3v) is 4.37. The zero-order chi connectivity index (χ0) is 16.4. The Hall–Kier alpha value is -2.08. The van der Waals surface area contributed by atoms with Crippen LogP contribution in [0.2, 0.25) is 0 Å². The van der Waals surface area contributed by atoms with Crippen molar-refractivity contribution in [3.63, 3.8) is 0 Å². The van der Waals surface area contributed by atoms with Crippen LogP contribution in [0.5, 0.6) is 5.88 Å². The molecule has 0 atom stereocenters. The van der Waals surface area contributed by atoms with Crippen molar-refractivity contribution >= 4 is 27.5 Å². The van der Waals surface area contributed by atoms with Crippen LogP contribution in [0.25, 0.3) is 0 Å². The lowest BCUT2D eigenvalue weighted by Crippen LogP contribution is -2.56. The number of halogens is 1. The summed E-state index contributed by atoms with van der Waals surface area (Å²) in [6, 6.07) is 11.3. The average Bonchev–Trinajstić information content (AvgIpc) is 2.51. The molecule has 3 rings (SSSR count). The fourth-order valence-corrected chi connectivity index (χ4v) is 2.73. The fraction of sp³-hybridized carbons (Fsp3) is 0.294. The molecule has 23 heavy (non-hydrogen) atoms. The van der Waals surface area contributed by atoms with E-state index in [1.807, 2.05) is 55.4 Å². The quantitative estimate of drug-likeness (QED) is 0.824. The normalized spacial score (nSPS) is 14.3. The van der Waals surface area contributed by atoms with Crippen molar-refractivity contribution in [1.82, 2.24) is 9.88 Å². The van der Waals surface area contributed by atoms with E-state index in [1.54, 1.807) is 11.1 Å². The summed E-state index contributed by atoms with van der Waals surface area (Å²) in [6.07, 6.45) is 1.68. The molecule has 0 saturated carbocycles. The van der Waals surface area contributed by atoms with Crippen LogP contribution in [0.3, 0.4) is 0 Å². The number of nitrogens with zero attached hydrogens (tertiary/aromatic N) is 3. The van der Waals surface area contributed by atoms with Crippen molar-refractivity contribution in [3.8, 4) is 5.88 Å². The molecule has 5 nitrogen and oxygen atoms in total. The molecule has 1 amide bonds. The van der Waals surface area contributed by atoms with Crippen LogP contribution in [-0.2, 0) is 0 Å². The third-order valence-electron chi connectivity index (χ3n) is 3.77. The Labute approximate surface area is 144 Å². The van der Waals surface area contributed by atoms with Gasteiger partial charge in [-0.3, -0.25) is 4.79 Å². The molecule has 0 radical (unpaired) electrons. The number of benzene rings is 1. The molecular formula is C17H18BrN3O2. The number of anilines is 1. The lowest BCUT2D eigenvalue weighted by Gasteiger charge is -2.38. The molecule has 0 aliphatic carbocycles. The largest absolute Gasteiger partial charge is 0.470 e. The summed E-state index contributed by atoms with van der Waals surface area (Å²) in [7, 11) is 3.95. The number of hydrogen-bond acceptors (Lipinski definition) is 4. The number of aromatic nitrogens is 1. The van der Waals surface area contributed by atoms with Crippen LogP contribution >= 0.6 is 15.9 Å². The standard InChI is InChI=1S/C17H18BrN3O2/c1-20(2)13-7-5-12(6-8-13)17(22)21-10-14(11-21)23-16-15(18)4-3-9-19-16/h3-9,14H,10-11H2,1-2H3. The molecule has 1 aliphatic rings. The summed E-state index contributed by atoms with van der Waals surface area (Å²) < 4.78 is 6.61. The number of rotatable bonds is 4. The Morgan fingerprint density at radius 1 is 1.26 bits per heavy atom.